The molecule has 5 nitrogen and oxygen atoms in total. The van der Waals surface area contributed by atoms with E-state index >= 15 is 0 Å². The van der Waals surface area contributed by atoms with Crippen molar-refractivity contribution in [3.05, 3.63) is 35.1 Å². The first kappa shape index (κ1) is 16.8. The third-order valence-electron chi connectivity index (χ3n) is 4.38. The van der Waals surface area contributed by atoms with E-state index in [9.17, 15) is 0 Å². The molecule has 1 saturated heterocycles. The van der Waals surface area contributed by atoms with Gasteiger partial charge in [-0.3, -0.25) is 0 Å². The Kier molecular flexibility index (Phi) is 5.09. The van der Waals surface area contributed by atoms with Crippen LogP contribution in [0.15, 0.2) is 24.5 Å². The number of nitrogens with one attached hydrogen (secondary N) is 1. The van der Waals surface area contributed by atoms with Crippen LogP contribution in [0.2, 0.25) is 5.02 Å². The first-order valence-electron chi connectivity index (χ1n) is 8.25. The van der Waals surface area contributed by atoms with Gasteiger partial charge in [0, 0.05) is 30.2 Å². The lowest BCUT2D eigenvalue weighted by molar-refractivity contribution is 0.416. The fourth-order valence-corrected chi connectivity index (χ4v) is 3.21. The maximum absolute atomic E-state index is 6.17. The SMILES string of the molecule is COc1cc(Cl)c(C)cc1Nc1cc(N2CCCC(C)C2)ncn1. The number of piperidine rings is 1. The second-order valence-corrected chi connectivity index (χ2v) is 6.79. The first-order chi connectivity index (χ1) is 11.6. The zero-order valence-corrected chi connectivity index (χ0v) is 15.1. The highest BCUT2D eigenvalue weighted by Gasteiger charge is 2.18. The summed E-state index contributed by atoms with van der Waals surface area (Å²) in [5, 5.41) is 4.00. The van der Waals surface area contributed by atoms with Gasteiger partial charge in [-0.1, -0.05) is 18.5 Å². The molecule has 1 aromatic carbocycles. The van der Waals surface area contributed by atoms with Gasteiger partial charge in [-0.15, -0.1) is 0 Å². The van der Waals surface area contributed by atoms with Crippen molar-refractivity contribution in [3.63, 3.8) is 0 Å². The van der Waals surface area contributed by atoms with E-state index in [0.29, 0.717) is 16.7 Å². The van der Waals surface area contributed by atoms with Gasteiger partial charge in [0.05, 0.1) is 12.8 Å². The van der Waals surface area contributed by atoms with E-state index in [1.807, 2.05) is 25.1 Å². The van der Waals surface area contributed by atoms with Crippen molar-refractivity contribution in [3.8, 4) is 5.75 Å². The molecule has 6 heteroatoms. The Balaban J connectivity index is 1.83. The van der Waals surface area contributed by atoms with Crippen LogP contribution in [0.5, 0.6) is 5.75 Å². The first-order valence-corrected chi connectivity index (χ1v) is 8.62. The van der Waals surface area contributed by atoms with E-state index in [0.717, 1.165) is 36.0 Å². The molecule has 1 aromatic heterocycles. The fourth-order valence-electron chi connectivity index (χ4n) is 3.05. The van der Waals surface area contributed by atoms with Gasteiger partial charge in [0.1, 0.15) is 23.7 Å². The molecular formula is C18H23ClN4O. The summed E-state index contributed by atoms with van der Waals surface area (Å²) in [6.45, 7) is 6.34. The lowest BCUT2D eigenvalue weighted by atomic mass is 10.0. The minimum Gasteiger partial charge on any atom is -0.495 e. The maximum Gasteiger partial charge on any atom is 0.143 e. The van der Waals surface area contributed by atoms with E-state index < -0.39 is 0 Å². The number of aromatic nitrogens is 2. The Morgan fingerprint density at radius 3 is 2.88 bits per heavy atom. The number of methoxy groups -OCH3 is 1. The molecule has 1 aliphatic heterocycles. The Morgan fingerprint density at radius 2 is 2.12 bits per heavy atom. The molecule has 0 radical (unpaired) electrons. The summed E-state index contributed by atoms with van der Waals surface area (Å²) < 4.78 is 5.41. The van der Waals surface area contributed by atoms with Crippen LogP contribution >= 0.6 is 11.6 Å². The van der Waals surface area contributed by atoms with Crippen molar-refractivity contribution >= 4 is 28.9 Å². The summed E-state index contributed by atoms with van der Waals surface area (Å²) in [6.07, 6.45) is 4.10. The summed E-state index contributed by atoms with van der Waals surface area (Å²) in [6, 6.07) is 5.76. The van der Waals surface area contributed by atoms with Crippen LogP contribution in [0.3, 0.4) is 0 Å². The summed E-state index contributed by atoms with van der Waals surface area (Å²) >= 11 is 6.17. The van der Waals surface area contributed by atoms with Crippen molar-refractivity contribution in [2.24, 2.45) is 5.92 Å². The lowest BCUT2D eigenvalue weighted by Gasteiger charge is -2.31. The average molecular weight is 347 g/mol. The Hall–Kier alpha value is -2.01. The molecule has 2 heterocycles. The standard InChI is InChI=1S/C18H23ClN4O/c1-12-5-4-6-23(10-12)18-9-17(20-11-21-18)22-15-7-13(2)14(19)8-16(15)24-3/h7-9,11-12H,4-6,10H2,1-3H3,(H,20,21,22). The molecule has 1 fully saturated rings. The molecule has 24 heavy (non-hydrogen) atoms. The monoisotopic (exact) mass is 346 g/mol. The highest BCUT2D eigenvalue weighted by Crippen LogP contribution is 2.33. The molecule has 3 rings (SSSR count). The molecule has 1 unspecified atom stereocenters. The maximum atomic E-state index is 6.17. The molecule has 1 aliphatic rings. The van der Waals surface area contributed by atoms with E-state index in [2.05, 4.69) is 27.1 Å². The van der Waals surface area contributed by atoms with Crippen LogP contribution < -0.4 is 15.0 Å². The van der Waals surface area contributed by atoms with Crippen molar-refractivity contribution in [2.75, 3.05) is 30.4 Å². The molecule has 1 atom stereocenters. The van der Waals surface area contributed by atoms with Gasteiger partial charge in [-0.05, 0) is 37.3 Å². The van der Waals surface area contributed by atoms with Crippen molar-refractivity contribution in [1.82, 2.24) is 9.97 Å². The van der Waals surface area contributed by atoms with Gasteiger partial charge in [-0.2, -0.15) is 0 Å². The third-order valence-corrected chi connectivity index (χ3v) is 4.78. The topological polar surface area (TPSA) is 50.3 Å². The van der Waals surface area contributed by atoms with E-state index in [-0.39, 0.29) is 0 Å². The van der Waals surface area contributed by atoms with Crippen molar-refractivity contribution in [2.45, 2.75) is 26.7 Å². The molecule has 2 aromatic rings. The number of anilines is 3. The zero-order valence-electron chi connectivity index (χ0n) is 14.3. The molecule has 0 bridgehead atoms. The van der Waals surface area contributed by atoms with Crippen molar-refractivity contribution < 1.29 is 4.74 Å². The molecular weight excluding hydrogens is 324 g/mol. The number of halogens is 1. The van der Waals surface area contributed by atoms with Crippen LogP contribution in [0.4, 0.5) is 17.3 Å². The number of hydrogen-bond acceptors (Lipinski definition) is 5. The second-order valence-electron chi connectivity index (χ2n) is 6.38. The summed E-state index contributed by atoms with van der Waals surface area (Å²) in [5.41, 5.74) is 1.83. The number of benzene rings is 1. The van der Waals surface area contributed by atoms with Crippen molar-refractivity contribution in [1.29, 1.82) is 0 Å². The normalized spacial score (nSPS) is 17.7. The van der Waals surface area contributed by atoms with E-state index in [1.165, 1.54) is 12.8 Å². The third kappa shape index (κ3) is 3.73. The number of nitrogens with zero attached hydrogens (tertiary/aromatic N) is 3. The highest BCUT2D eigenvalue weighted by atomic mass is 35.5. The van der Waals surface area contributed by atoms with Gasteiger partial charge in [0.25, 0.3) is 0 Å². The Bertz CT molecular complexity index is 722. The number of rotatable bonds is 4. The highest BCUT2D eigenvalue weighted by molar-refractivity contribution is 6.31. The molecule has 0 amide bonds. The van der Waals surface area contributed by atoms with Gasteiger partial charge in [-0.25, -0.2) is 9.97 Å². The molecule has 128 valence electrons. The van der Waals surface area contributed by atoms with E-state index in [1.54, 1.807) is 13.4 Å². The Labute approximate surface area is 148 Å². The smallest absolute Gasteiger partial charge is 0.143 e. The summed E-state index contributed by atoms with van der Waals surface area (Å²) in [5.74, 6) is 3.10. The molecule has 0 saturated carbocycles. The predicted octanol–water partition coefficient (Wildman–Crippen LogP) is 4.43. The average Bonchev–Trinajstić information content (AvgIpc) is 2.58. The van der Waals surface area contributed by atoms with Gasteiger partial charge in [0.15, 0.2) is 0 Å². The van der Waals surface area contributed by atoms with E-state index in [4.69, 9.17) is 16.3 Å². The summed E-state index contributed by atoms with van der Waals surface area (Å²) in [7, 11) is 1.63. The fraction of sp³-hybridized carbons (Fsp3) is 0.444. The van der Waals surface area contributed by atoms with Gasteiger partial charge >= 0.3 is 0 Å². The molecule has 0 aliphatic carbocycles. The van der Waals surface area contributed by atoms with Gasteiger partial charge in [0.2, 0.25) is 0 Å². The number of aryl methyl sites for hydroxylation is 1. The minimum absolute atomic E-state index is 0.683. The number of hydrogen-bond donors (Lipinski definition) is 1. The largest absolute Gasteiger partial charge is 0.495 e. The molecule has 1 N–H and O–H groups in total. The summed E-state index contributed by atoms with van der Waals surface area (Å²) in [4.78, 5) is 11.1. The molecule has 0 spiro atoms. The lowest BCUT2D eigenvalue weighted by Crippen LogP contribution is -2.34. The predicted molar refractivity (Wildman–Crippen MR) is 98.7 cm³/mol. The van der Waals surface area contributed by atoms with Crippen LogP contribution in [0.1, 0.15) is 25.3 Å². The second kappa shape index (κ2) is 7.26. The van der Waals surface area contributed by atoms with Crippen LogP contribution in [-0.2, 0) is 0 Å². The quantitative estimate of drug-likeness (QED) is 0.887. The van der Waals surface area contributed by atoms with Crippen LogP contribution in [0.25, 0.3) is 0 Å². The number of ether oxygens (including phenoxy) is 1. The Morgan fingerprint density at radius 1 is 1.29 bits per heavy atom. The van der Waals surface area contributed by atoms with Crippen LogP contribution in [-0.4, -0.2) is 30.2 Å². The van der Waals surface area contributed by atoms with Gasteiger partial charge < -0.3 is 15.0 Å². The van der Waals surface area contributed by atoms with Crippen LogP contribution in [0, 0.1) is 12.8 Å². The minimum atomic E-state index is 0.683. The zero-order chi connectivity index (χ0) is 17.1.